The summed E-state index contributed by atoms with van der Waals surface area (Å²) in [7, 11) is -3.14. The zero-order chi connectivity index (χ0) is 6.04. The number of hydrogen-bond donors (Lipinski definition) is 1. The molecule has 1 rings (SSSR count). The van der Waals surface area contributed by atoms with Gasteiger partial charge in [0.05, 0.1) is 0 Å². The van der Waals surface area contributed by atoms with Crippen LogP contribution in [0, 0.1) is 6.61 Å². The summed E-state index contributed by atoms with van der Waals surface area (Å²) in [5.74, 6) is 0. The van der Waals surface area contributed by atoms with Crippen molar-refractivity contribution in [3.8, 4) is 0 Å². The lowest BCUT2D eigenvalue weighted by molar-refractivity contribution is 0.185. The van der Waals surface area contributed by atoms with Crippen LogP contribution in [0.5, 0.6) is 0 Å². The molecule has 0 unspecified atom stereocenters. The molecule has 0 aromatic rings. The maximum Gasteiger partial charge on any atom is 0.443 e. The standard InChI is InChI=1S/C3H7NO3P/c4-8(5)6-2-1-3-7-8/h2H,1,3H2,(H2,4,5)/q+1/t8-/m0/s1. The molecule has 0 saturated carbocycles. The molecule has 1 aliphatic heterocycles. The Labute approximate surface area is 47.5 Å². The number of hydrogen-bond acceptors (Lipinski definition) is 3. The molecule has 1 heterocycles. The Hall–Kier alpha value is -0.0200. The van der Waals surface area contributed by atoms with E-state index in [0.29, 0.717) is 13.0 Å². The topological polar surface area (TPSA) is 61.6 Å². The van der Waals surface area contributed by atoms with Gasteiger partial charge in [0.2, 0.25) is 6.61 Å². The lowest BCUT2D eigenvalue weighted by atomic mass is 10.5. The molecule has 5 heteroatoms. The van der Waals surface area contributed by atoms with Crippen LogP contribution in [0.3, 0.4) is 0 Å². The van der Waals surface area contributed by atoms with E-state index in [-0.39, 0.29) is 0 Å². The van der Waals surface area contributed by atoms with Gasteiger partial charge in [-0.15, -0.1) is 0 Å². The largest absolute Gasteiger partial charge is 0.443 e. The fourth-order valence-electron chi connectivity index (χ4n) is 0.415. The average molecular weight is 136 g/mol. The van der Waals surface area contributed by atoms with Crippen molar-refractivity contribution in [2.24, 2.45) is 5.50 Å². The Morgan fingerprint density at radius 3 is 2.75 bits per heavy atom. The van der Waals surface area contributed by atoms with Crippen LogP contribution < -0.4 is 5.50 Å². The highest BCUT2D eigenvalue weighted by Gasteiger charge is 2.28. The van der Waals surface area contributed by atoms with E-state index < -0.39 is 7.75 Å². The van der Waals surface area contributed by atoms with Crippen molar-refractivity contribution in [2.75, 3.05) is 6.61 Å². The molecule has 0 spiro atoms. The van der Waals surface area contributed by atoms with Crippen LogP contribution in [-0.4, -0.2) is 6.61 Å². The first kappa shape index (κ1) is 6.11. The molecule has 0 aliphatic carbocycles. The van der Waals surface area contributed by atoms with Gasteiger partial charge in [0.1, 0.15) is 13.0 Å². The highest BCUT2D eigenvalue weighted by Crippen LogP contribution is 2.43. The van der Waals surface area contributed by atoms with E-state index in [0.717, 1.165) is 0 Å². The number of rotatable bonds is 0. The molecule has 4 nitrogen and oxygen atoms in total. The van der Waals surface area contributed by atoms with Crippen LogP contribution in [0.1, 0.15) is 6.42 Å². The van der Waals surface area contributed by atoms with Gasteiger partial charge >= 0.3 is 7.75 Å². The average Bonchev–Trinajstić information content (AvgIpc) is 1.65. The first-order chi connectivity index (χ1) is 3.71. The molecule has 46 valence electrons. The van der Waals surface area contributed by atoms with Gasteiger partial charge in [0, 0.05) is 0 Å². The van der Waals surface area contributed by atoms with E-state index in [1.54, 1.807) is 0 Å². The van der Waals surface area contributed by atoms with E-state index in [4.69, 9.17) is 5.50 Å². The number of nitrogens with two attached hydrogens (primary N) is 1. The smallest absolute Gasteiger partial charge is 0.290 e. The molecule has 1 saturated heterocycles. The molecular formula is C3H7NO3P+. The molecule has 0 amide bonds. The van der Waals surface area contributed by atoms with Gasteiger partial charge in [0.15, 0.2) is 0 Å². The molecule has 0 aromatic heterocycles. The summed E-state index contributed by atoms with van der Waals surface area (Å²) in [6.45, 7) is 1.80. The minimum atomic E-state index is -3.14. The van der Waals surface area contributed by atoms with Gasteiger partial charge in [-0.2, -0.15) is 0 Å². The Kier molecular flexibility index (Phi) is 1.58. The zero-order valence-corrected chi connectivity index (χ0v) is 5.14. The molecule has 1 aliphatic rings. The fraction of sp³-hybridized carbons (Fsp3) is 0.667. The van der Waals surface area contributed by atoms with Gasteiger partial charge in [0.25, 0.3) is 0 Å². The normalized spacial score (nSPS) is 38.6. The van der Waals surface area contributed by atoms with Gasteiger partial charge < -0.3 is 0 Å². The second kappa shape index (κ2) is 2.07. The van der Waals surface area contributed by atoms with Crippen LogP contribution in [0.15, 0.2) is 0 Å². The highest BCUT2D eigenvalue weighted by molar-refractivity contribution is 7.51. The van der Waals surface area contributed by atoms with E-state index in [1.807, 2.05) is 0 Å². The molecule has 1 atom stereocenters. The predicted octanol–water partition coefficient (Wildman–Crippen LogP) is 0.652. The summed E-state index contributed by atoms with van der Waals surface area (Å²) < 4.78 is 19.5. The lowest BCUT2D eigenvalue weighted by Crippen LogP contribution is -2.09. The van der Waals surface area contributed by atoms with Gasteiger partial charge in [-0.1, -0.05) is 4.52 Å². The predicted molar refractivity (Wildman–Crippen MR) is 27.7 cm³/mol. The van der Waals surface area contributed by atoms with Crippen molar-refractivity contribution in [2.45, 2.75) is 6.42 Å². The van der Waals surface area contributed by atoms with Crippen molar-refractivity contribution in [1.29, 1.82) is 0 Å². The lowest BCUT2D eigenvalue weighted by Gasteiger charge is -2.09. The summed E-state index contributed by atoms with van der Waals surface area (Å²) in [5, 5.41) is 0. The van der Waals surface area contributed by atoms with Gasteiger partial charge in [-0.3, -0.25) is 4.52 Å². The van der Waals surface area contributed by atoms with Crippen LogP contribution in [0.25, 0.3) is 0 Å². The first-order valence-electron chi connectivity index (χ1n) is 2.24. The molecule has 0 aromatic carbocycles. The van der Waals surface area contributed by atoms with Crippen molar-refractivity contribution in [1.82, 2.24) is 0 Å². The van der Waals surface area contributed by atoms with Crippen LogP contribution in [-0.2, 0) is 13.6 Å². The third-order valence-corrected chi connectivity index (χ3v) is 1.71. The van der Waals surface area contributed by atoms with Crippen LogP contribution in [0.4, 0.5) is 0 Å². The van der Waals surface area contributed by atoms with Crippen molar-refractivity contribution in [3.63, 3.8) is 0 Å². The Morgan fingerprint density at radius 2 is 2.50 bits per heavy atom. The quantitative estimate of drug-likeness (QED) is 0.392. The Bertz CT molecular complexity index is 116. The molecular weight excluding hydrogens is 129 g/mol. The van der Waals surface area contributed by atoms with E-state index in [9.17, 15) is 4.57 Å². The van der Waals surface area contributed by atoms with E-state index in [1.165, 1.54) is 6.61 Å². The summed E-state index contributed by atoms with van der Waals surface area (Å²) >= 11 is 0. The molecule has 8 heavy (non-hydrogen) atoms. The van der Waals surface area contributed by atoms with E-state index in [2.05, 4.69) is 9.05 Å². The SMILES string of the molecule is N[P@]1(=O)O[CH+]CCO1. The second-order valence-electron chi connectivity index (χ2n) is 1.43. The fourth-order valence-corrected chi connectivity index (χ4v) is 1.15. The van der Waals surface area contributed by atoms with Crippen LogP contribution in [0.2, 0.25) is 0 Å². The van der Waals surface area contributed by atoms with Crippen LogP contribution >= 0.6 is 7.75 Å². The minimum absolute atomic E-state index is 0.397. The second-order valence-corrected chi connectivity index (χ2v) is 2.98. The molecule has 2 N–H and O–H groups in total. The highest BCUT2D eigenvalue weighted by atomic mass is 31.2. The maximum absolute atomic E-state index is 10.5. The third-order valence-electron chi connectivity index (χ3n) is 0.728. The van der Waals surface area contributed by atoms with Crippen molar-refractivity contribution < 1.29 is 13.6 Å². The summed E-state index contributed by atoms with van der Waals surface area (Å²) in [5.41, 5.74) is 4.96. The summed E-state index contributed by atoms with van der Waals surface area (Å²) in [6.07, 6.45) is 0.654. The van der Waals surface area contributed by atoms with Gasteiger partial charge in [-0.05, 0) is 0 Å². The molecule has 0 bridgehead atoms. The first-order valence-corrected chi connectivity index (χ1v) is 3.85. The van der Waals surface area contributed by atoms with Crippen molar-refractivity contribution >= 4 is 7.75 Å². The summed E-state index contributed by atoms with van der Waals surface area (Å²) in [6, 6.07) is 0. The third kappa shape index (κ3) is 1.49. The van der Waals surface area contributed by atoms with Crippen molar-refractivity contribution in [3.05, 3.63) is 6.61 Å². The maximum atomic E-state index is 10.5. The van der Waals surface area contributed by atoms with Gasteiger partial charge in [-0.25, -0.2) is 10.1 Å². The Morgan fingerprint density at radius 1 is 1.75 bits per heavy atom. The summed E-state index contributed by atoms with van der Waals surface area (Å²) in [4.78, 5) is 0. The monoisotopic (exact) mass is 136 g/mol. The molecule has 0 radical (unpaired) electrons. The minimum Gasteiger partial charge on any atom is -0.290 e. The molecule has 1 fully saturated rings. The zero-order valence-electron chi connectivity index (χ0n) is 4.24. The Balaban J connectivity index is 2.45. The van der Waals surface area contributed by atoms with E-state index >= 15 is 0 Å².